The molecule has 0 saturated carbocycles. The fourth-order valence-electron chi connectivity index (χ4n) is 1.52. The van der Waals surface area contributed by atoms with Crippen molar-refractivity contribution in [1.82, 2.24) is 20.2 Å². The molecule has 2 aromatic heterocycles. The summed E-state index contributed by atoms with van der Waals surface area (Å²) in [7, 11) is -1.90. The van der Waals surface area contributed by atoms with E-state index in [9.17, 15) is 8.42 Å². The van der Waals surface area contributed by atoms with Crippen molar-refractivity contribution in [1.29, 1.82) is 0 Å². The first-order valence-corrected chi connectivity index (χ1v) is 7.98. The van der Waals surface area contributed by atoms with E-state index in [0.717, 1.165) is 0 Å². The number of aromatic nitrogens is 2. The molecule has 0 aliphatic carbocycles. The van der Waals surface area contributed by atoms with Crippen molar-refractivity contribution in [2.45, 2.75) is 17.9 Å². The highest BCUT2D eigenvalue weighted by Crippen LogP contribution is 2.25. The molecule has 0 saturated heterocycles. The Morgan fingerprint density at radius 1 is 1.45 bits per heavy atom. The quantitative estimate of drug-likeness (QED) is 0.742. The van der Waals surface area contributed by atoms with E-state index in [2.05, 4.69) is 40.6 Å². The lowest BCUT2D eigenvalue weighted by molar-refractivity contribution is 0.409. The highest BCUT2D eigenvalue weighted by atomic mass is 79.9. The van der Waals surface area contributed by atoms with E-state index in [-0.39, 0.29) is 16.1 Å². The van der Waals surface area contributed by atoms with Crippen molar-refractivity contribution < 1.29 is 17.4 Å². The van der Waals surface area contributed by atoms with Crippen molar-refractivity contribution in [3.05, 3.63) is 28.7 Å². The Morgan fingerprint density at radius 3 is 2.90 bits per heavy atom. The lowest BCUT2D eigenvalue weighted by atomic mass is 10.4. The predicted octanol–water partition coefficient (Wildman–Crippen LogP) is 0.666. The zero-order valence-electron chi connectivity index (χ0n) is 10.6. The van der Waals surface area contributed by atoms with Gasteiger partial charge < -0.3 is 14.3 Å². The molecule has 20 heavy (non-hydrogen) atoms. The van der Waals surface area contributed by atoms with Crippen molar-refractivity contribution >= 4 is 26.0 Å². The van der Waals surface area contributed by atoms with Crippen LogP contribution >= 0.6 is 15.9 Å². The molecule has 8 nitrogen and oxygen atoms in total. The lowest BCUT2D eigenvalue weighted by Gasteiger charge is -2.03. The van der Waals surface area contributed by atoms with E-state index in [0.29, 0.717) is 24.6 Å². The summed E-state index contributed by atoms with van der Waals surface area (Å²) in [6.07, 6.45) is 1.54. The van der Waals surface area contributed by atoms with Gasteiger partial charge in [-0.15, -0.1) is 0 Å². The summed E-state index contributed by atoms with van der Waals surface area (Å²) in [4.78, 5) is 3.87. The van der Waals surface area contributed by atoms with Gasteiger partial charge in [0.1, 0.15) is 10.7 Å². The molecule has 2 heterocycles. The highest BCUT2D eigenvalue weighted by molar-refractivity contribution is 9.10. The third kappa shape index (κ3) is 3.66. The second kappa shape index (κ2) is 6.48. The molecule has 110 valence electrons. The minimum atomic E-state index is -3.65. The molecule has 2 aromatic rings. The van der Waals surface area contributed by atoms with Crippen LogP contribution in [0.3, 0.4) is 0 Å². The molecule has 0 aliphatic heterocycles. The molecule has 0 aromatic carbocycles. The molecule has 0 fully saturated rings. The molecule has 2 rings (SSSR count). The van der Waals surface area contributed by atoms with Crippen LogP contribution in [0.25, 0.3) is 0 Å². The topological polar surface area (TPSA) is 110 Å². The Labute approximate surface area is 124 Å². The van der Waals surface area contributed by atoms with E-state index in [4.69, 9.17) is 4.42 Å². The fraction of sp³-hybridized carbons (Fsp3) is 0.400. The maximum atomic E-state index is 12.1. The molecule has 0 radical (unpaired) electrons. The highest BCUT2D eigenvalue weighted by Gasteiger charge is 2.22. The predicted molar refractivity (Wildman–Crippen MR) is 72.4 cm³/mol. The average Bonchev–Trinajstić information content (AvgIpc) is 2.99. The number of nitrogens with zero attached hydrogens (tertiary/aromatic N) is 2. The molecule has 0 unspecified atom stereocenters. The van der Waals surface area contributed by atoms with Gasteiger partial charge >= 0.3 is 0 Å². The fourth-order valence-corrected chi connectivity index (χ4v) is 3.55. The van der Waals surface area contributed by atoms with E-state index >= 15 is 0 Å². The van der Waals surface area contributed by atoms with Crippen LogP contribution in [-0.4, -0.2) is 32.2 Å². The standard InChI is InChI=1S/C10H13BrN4O4S/c1-12-5-7-4-8(10(11)19-7)20(16,17)14-3-2-9-13-6-18-15-9/h4,6,12,14H,2-3,5H2,1H3. The molecule has 2 N–H and O–H groups in total. The van der Waals surface area contributed by atoms with E-state index in [1.54, 1.807) is 7.05 Å². The van der Waals surface area contributed by atoms with Gasteiger partial charge in [0.25, 0.3) is 0 Å². The molecular formula is C10H13BrN4O4S. The summed E-state index contributed by atoms with van der Waals surface area (Å²) in [6, 6.07) is 1.47. The summed E-state index contributed by atoms with van der Waals surface area (Å²) >= 11 is 3.10. The van der Waals surface area contributed by atoms with Crippen LogP contribution in [0.2, 0.25) is 0 Å². The Hall–Kier alpha value is -1.23. The van der Waals surface area contributed by atoms with Gasteiger partial charge in [0, 0.05) is 19.0 Å². The first-order valence-electron chi connectivity index (χ1n) is 5.70. The Kier molecular flexibility index (Phi) is 4.91. The third-order valence-corrected chi connectivity index (χ3v) is 4.71. The zero-order chi connectivity index (χ0) is 14.6. The Morgan fingerprint density at radius 2 is 2.25 bits per heavy atom. The van der Waals surface area contributed by atoms with Gasteiger partial charge in [0.05, 0.1) is 6.54 Å². The van der Waals surface area contributed by atoms with E-state index in [1.807, 2.05) is 0 Å². The number of hydrogen-bond donors (Lipinski definition) is 2. The van der Waals surface area contributed by atoms with Crippen molar-refractivity contribution in [2.24, 2.45) is 0 Å². The summed E-state index contributed by atoms with van der Waals surface area (Å²) < 4.78 is 36.7. The largest absolute Gasteiger partial charge is 0.452 e. The van der Waals surface area contributed by atoms with Gasteiger partial charge in [-0.3, -0.25) is 0 Å². The molecule has 0 bridgehead atoms. The van der Waals surface area contributed by atoms with Crippen LogP contribution in [0.15, 0.2) is 31.0 Å². The summed E-state index contributed by atoms with van der Waals surface area (Å²) in [6.45, 7) is 0.609. The number of sulfonamides is 1. The summed E-state index contributed by atoms with van der Waals surface area (Å²) in [5.74, 6) is 0.966. The monoisotopic (exact) mass is 364 g/mol. The maximum Gasteiger partial charge on any atom is 0.244 e. The number of rotatable bonds is 7. The minimum absolute atomic E-state index is 0.0656. The average molecular weight is 365 g/mol. The van der Waals surface area contributed by atoms with Gasteiger partial charge in [0.15, 0.2) is 10.5 Å². The van der Waals surface area contributed by atoms with Gasteiger partial charge in [-0.05, 0) is 23.0 Å². The minimum Gasteiger partial charge on any atom is -0.452 e. The van der Waals surface area contributed by atoms with Gasteiger partial charge in [0.2, 0.25) is 16.4 Å². The smallest absolute Gasteiger partial charge is 0.244 e. The van der Waals surface area contributed by atoms with E-state index in [1.165, 1.54) is 12.5 Å². The first-order chi connectivity index (χ1) is 9.53. The van der Waals surface area contributed by atoms with E-state index < -0.39 is 10.0 Å². The van der Waals surface area contributed by atoms with Crippen LogP contribution in [-0.2, 0) is 23.0 Å². The Balaban J connectivity index is 2.02. The van der Waals surface area contributed by atoms with Gasteiger partial charge in [-0.2, -0.15) is 4.98 Å². The van der Waals surface area contributed by atoms with Crippen LogP contribution in [0, 0.1) is 0 Å². The van der Waals surface area contributed by atoms with Crippen molar-refractivity contribution in [3.63, 3.8) is 0 Å². The van der Waals surface area contributed by atoms with Crippen molar-refractivity contribution in [3.8, 4) is 0 Å². The molecule has 0 atom stereocenters. The molecular weight excluding hydrogens is 352 g/mol. The number of furan rings is 1. The van der Waals surface area contributed by atoms with Crippen LogP contribution in [0.1, 0.15) is 11.6 Å². The zero-order valence-corrected chi connectivity index (χ0v) is 13.0. The number of nitrogens with one attached hydrogen (secondary N) is 2. The van der Waals surface area contributed by atoms with Gasteiger partial charge in [-0.1, -0.05) is 5.16 Å². The van der Waals surface area contributed by atoms with Crippen LogP contribution in [0.5, 0.6) is 0 Å². The maximum absolute atomic E-state index is 12.1. The van der Waals surface area contributed by atoms with Crippen molar-refractivity contribution in [2.75, 3.05) is 13.6 Å². The second-order valence-electron chi connectivity index (χ2n) is 3.88. The number of hydrogen-bond acceptors (Lipinski definition) is 7. The van der Waals surface area contributed by atoms with Crippen LogP contribution < -0.4 is 10.0 Å². The summed E-state index contributed by atoms with van der Waals surface area (Å²) in [5, 5.41) is 6.48. The SMILES string of the molecule is CNCc1cc(S(=O)(=O)NCCc2ncon2)c(Br)o1. The van der Waals surface area contributed by atoms with Gasteiger partial charge in [-0.25, -0.2) is 13.1 Å². The molecule has 0 aliphatic rings. The molecule has 0 amide bonds. The second-order valence-corrected chi connectivity index (χ2v) is 6.33. The first kappa shape index (κ1) is 15.2. The molecule has 0 spiro atoms. The third-order valence-electron chi connectivity index (χ3n) is 2.39. The lowest BCUT2D eigenvalue weighted by Crippen LogP contribution is -2.26. The normalized spacial score (nSPS) is 11.9. The van der Waals surface area contributed by atoms with Crippen LogP contribution in [0.4, 0.5) is 0 Å². The Bertz CT molecular complexity index is 653. The molecule has 10 heteroatoms. The summed E-state index contributed by atoms with van der Waals surface area (Å²) in [5.41, 5.74) is 0. The number of halogens is 1.